The Labute approximate surface area is 101 Å². The second kappa shape index (κ2) is 4.89. The highest BCUT2D eigenvalue weighted by Gasteiger charge is 2.22. The zero-order chi connectivity index (χ0) is 11.5. The Morgan fingerprint density at radius 1 is 1.62 bits per heavy atom. The van der Waals surface area contributed by atoms with Crippen LogP contribution in [0.5, 0.6) is 5.75 Å². The molecule has 0 radical (unpaired) electrons. The molecular formula is C13H16ClNO. The highest BCUT2D eigenvalue weighted by Crippen LogP contribution is 2.30. The lowest BCUT2D eigenvalue weighted by molar-refractivity contribution is 0.229. The molecule has 86 valence electrons. The Morgan fingerprint density at radius 2 is 2.44 bits per heavy atom. The van der Waals surface area contributed by atoms with Gasteiger partial charge in [-0.2, -0.15) is 0 Å². The van der Waals surface area contributed by atoms with Crippen molar-refractivity contribution < 1.29 is 4.74 Å². The van der Waals surface area contributed by atoms with E-state index >= 15 is 0 Å². The summed E-state index contributed by atoms with van der Waals surface area (Å²) in [6, 6.07) is 5.79. The van der Waals surface area contributed by atoms with Gasteiger partial charge in [0.2, 0.25) is 0 Å². The lowest BCUT2D eigenvalue weighted by Crippen LogP contribution is -2.30. The van der Waals surface area contributed by atoms with Crippen LogP contribution in [0, 0.1) is 0 Å². The Kier molecular flexibility index (Phi) is 3.52. The molecule has 0 spiro atoms. The summed E-state index contributed by atoms with van der Waals surface area (Å²) in [6.45, 7) is 7.55. The van der Waals surface area contributed by atoms with Crippen molar-refractivity contribution in [3.8, 4) is 5.75 Å². The van der Waals surface area contributed by atoms with Gasteiger partial charge in [-0.15, -0.1) is 0 Å². The lowest BCUT2D eigenvalue weighted by atomic mass is 10.1. The van der Waals surface area contributed by atoms with Crippen molar-refractivity contribution >= 4 is 11.6 Å². The molecule has 1 aliphatic heterocycles. The molecule has 1 heterocycles. The van der Waals surface area contributed by atoms with Crippen LogP contribution in [-0.2, 0) is 6.42 Å². The van der Waals surface area contributed by atoms with Crippen molar-refractivity contribution in [2.45, 2.75) is 19.4 Å². The van der Waals surface area contributed by atoms with E-state index < -0.39 is 0 Å². The van der Waals surface area contributed by atoms with Crippen molar-refractivity contribution in [3.05, 3.63) is 40.9 Å². The monoisotopic (exact) mass is 237 g/mol. The van der Waals surface area contributed by atoms with Gasteiger partial charge in [-0.3, -0.25) is 0 Å². The van der Waals surface area contributed by atoms with E-state index in [1.807, 2.05) is 25.1 Å². The van der Waals surface area contributed by atoms with Gasteiger partial charge in [0, 0.05) is 24.5 Å². The normalized spacial score (nSPS) is 18.0. The summed E-state index contributed by atoms with van der Waals surface area (Å²) < 4.78 is 5.79. The first-order valence-corrected chi connectivity index (χ1v) is 5.83. The minimum Gasteiger partial charge on any atom is -0.488 e. The summed E-state index contributed by atoms with van der Waals surface area (Å²) in [5.74, 6) is 0.964. The topological polar surface area (TPSA) is 21.3 Å². The fourth-order valence-electron chi connectivity index (χ4n) is 1.85. The van der Waals surface area contributed by atoms with Crippen molar-refractivity contribution in [3.63, 3.8) is 0 Å². The van der Waals surface area contributed by atoms with Gasteiger partial charge in [0.05, 0.1) is 0 Å². The molecule has 0 amide bonds. The Balaban J connectivity index is 1.88. The van der Waals surface area contributed by atoms with Gasteiger partial charge in [-0.1, -0.05) is 23.8 Å². The van der Waals surface area contributed by atoms with Crippen molar-refractivity contribution in [2.75, 3.05) is 13.1 Å². The molecule has 0 fully saturated rings. The number of nitrogens with one attached hydrogen (secondary N) is 1. The third kappa shape index (κ3) is 2.77. The molecule has 2 rings (SSSR count). The highest BCUT2D eigenvalue weighted by atomic mass is 35.5. The summed E-state index contributed by atoms with van der Waals surface area (Å²) in [4.78, 5) is 0. The first-order valence-electron chi connectivity index (χ1n) is 5.45. The minimum atomic E-state index is 0.216. The average Bonchev–Trinajstić information content (AvgIpc) is 2.58. The molecule has 0 aliphatic carbocycles. The molecule has 1 aliphatic rings. The zero-order valence-electron chi connectivity index (χ0n) is 9.42. The number of benzene rings is 1. The standard InChI is InChI=1S/C13H16ClNO/c1-9(2)7-15-8-12-6-10-5-11(14)3-4-13(10)16-12/h3-5,12,15H,1,6-8H2,2H3. The highest BCUT2D eigenvalue weighted by molar-refractivity contribution is 6.30. The first-order chi connectivity index (χ1) is 7.65. The second-order valence-electron chi connectivity index (χ2n) is 4.28. The van der Waals surface area contributed by atoms with E-state index in [9.17, 15) is 0 Å². The van der Waals surface area contributed by atoms with Gasteiger partial charge in [-0.25, -0.2) is 0 Å². The molecule has 1 aromatic carbocycles. The van der Waals surface area contributed by atoms with Crippen LogP contribution < -0.4 is 10.1 Å². The summed E-state index contributed by atoms with van der Waals surface area (Å²) >= 11 is 5.93. The lowest BCUT2D eigenvalue weighted by Gasteiger charge is -2.11. The van der Waals surface area contributed by atoms with Gasteiger partial charge in [0.15, 0.2) is 0 Å². The number of hydrogen-bond acceptors (Lipinski definition) is 2. The Morgan fingerprint density at radius 3 is 3.19 bits per heavy atom. The van der Waals surface area contributed by atoms with Crippen LogP contribution in [0.15, 0.2) is 30.4 Å². The van der Waals surface area contributed by atoms with E-state index in [0.717, 1.165) is 35.9 Å². The Bertz CT molecular complexity index is 403. The minimum absolute atomic E-state index is 0.216. The quantitative estimate of drug-likeness (QED) is 0.814. The predicted octanol–water partition coefficient (Wildman–Crippen LogP) is 2.81. The van der Waals surface area contributed by atoms with Crippen LogP contribution in [0.1, 0.15) is 12.5 Å². The molecule has 1 aromatic rings. The summed E-state index contributed by atoms with van der Waals surface area (Å²) in [6.07, 6.45) is 1.15. The van der Waals surface area contributed by atoms with Crippen molar-refractivity contribution in [2.24, 2.45) is 0 Å². The van der Waals surface area contributed by atoms with E-state index in [0.29, 0.717) is 0 Å². The maximum absolute atomic E-state index is 5.93. The number of hydrogen-bond donors (Lipinski definition) is 1. The molecule has 16 heavy (non-hydrogen) atoms. The summed E-state index contributed by atoms with van der Waals surface area (Å²) in [5.41, 5.74) is 2.34. The summed E-state index contributed by atoms with van der Waals surface area (Å²) in [7, 11) is 0. The third-order valence-corrected chi connectivity index (χ3v) is 2.80. The summed E-state index contributed by atoms with van der Waals surface area (Å²) in [5, 5.41) is 4.09. The molecule has 2 nitrogen and oxygen atoms in total. The molecule has 0 saturated carbocycles. The van der Waals surface area contributed by atoms with E-state index in [4.69, 9.17) is 16.3 Å². The van der Waals surface area contributed by atoms with Crippen LogP contribution in [0.2, 0.25) is 5.02 Å². The van der Waals surface area contributed by atoms with Crippen LogP contribution in [0.25, 0.3) is 0 Å². The molecule has 1 atom stereocenters. The zero-order valence-corrected chi connectivity index (χ0v) is 10.2. The van der Waals surface area contributed by atoms with E-state index in [2.05, 4.69) is 11.9 Å². The second-order valence-corrected chi connectivity index (χ2v) is 4.72. The number of fused-ring (bicyclic) bond motifs is 1. The van der Waals surface area contributed by atoms with Crippen molar-refractivity contribution in [1.29, 1.82) is 0 Å². The smallest absolute Gasteiger partial charge is 0.123 e. The van der Waals surface area contributed by atoms with Gasteiger partial charge in [0.1, 0.15) is 11.9 Å². The molecule has 0 aromatic heterocycles. The molecule has 1 unspecified atom stereocenters. The molecule has 0 saturated heterocycles. The maximum atomic E-state index is 5.93. The maximum Gasteiger partial charge on any atom is 0.123 e. The van der Waals surface area contributed by atoms with Gasteiger partial charge < -0.3 is 10.1 Å². The predicted molar refractivity (Wildman–Crippen MR) is 67.3 cm³/mol. The van der Waals surface area contributed by atoms with Crippen LogP contribution >= 0.6 is 11.6 Å². The number of ether oxygens (including phenoxy) is 1. The molecule has 0 bridgehead atoms. The van der Waals surface area contributed by atoms with E-state index in [-0.39, 0.29) is 6.10 Å². The molecular weight excluding hydrogens is 222 g/mol. The van der Waals surface area contributed by atoms with Gasteiger partial charge >= 0.3 is 0 Å². The fraction of sp³-hybridized carbons (Fsp3) is 0.385. The van der Waals surface area contributed by atoms with Crippen LogP contribution in [0.4, 0.5) is 0 Å². The van der Waals surface area contributed by atoms with Crippen LogP contribution in [-0.4, -0.2) is 19.2 Å². The fourth-order valence-corrected chi connectivity index (χ4v) is 2.04. The molecule has 3 heteroatoms. The first kappa shape index (κ1) is 11.5. The third-order valence-electron chi connectivity index (χ3n) is 2.56. The Hall–Kier alpha value is -0.990. The van der Waals surface area contributed by atoms with E-state index in [1.165, 1.54) is 5.56 Å². The molecule has 1 N–H and O–H groups in total. The van der Waals surface area contributed by atoms with Crippen LogP contribution in [0.3, 0.4) is 0 Å². The van der Waals surface area contributed by atoms with Gasteiger partial charge in [0.25, 0.3) is 0 Å². The number of halogens is 1. The van der Waals surface area contributed by atoms with Crippen molar-refractivity contribution in [1.82, 2.24) is 5.32 Å². The largest absolute Gasteiger partial charge is 0.488 e. The van der Waals surface area contributed by atoms with Gasteiger partial charge in [-0.05, 0) is 30.7 Å². The van der Waals surface area contributed by atoms with E-state index in [1.54, 1.807) is 0 Å². The number of rotatable bonds is 4. The average molecular weight is 238 g/mol. The SMILES string of the molecule is C=C(C)CNCC1Cc2cc(Cl)ccc2O1.